The Balaban J connectivity index is 2.01. The summed E-state index contributed by atoms with van der Waals surface area (Å²) in [5, 5.41) is 4.42. The average Bonchev–Trinajstić information content (AvgIpc) is 2.47. The minimum Gasteiger partial charge on any atom is -0.398 e. The molecule has 0 aliphatic rings. The van der Waals surface area contributed by atoms with Crippen molar-refractivity contribution in [3.63, 3.8) is 0 Å². The van der Waals surface area contributed by atoms with Crippen molar-refractivity contribution in [1.82, 2.24) is 5.32 Å². The van der Waals surface area contributed by atoms with Gasteiger partial charge in [0.1, 0.15) is 0 Å². The van der Waals surface area contributed by atoms with E-state index < -0.39 is 17.7 Å². The highest BCUT2D eigenvalue weighted by Gasteiger charge is 2.19. The summed E-state index contributed by atoms with van der Waals surface area (Å²) >= 11 is 0. The van der Waals surface area contributed by atoms with Crippen LogP contribution >= 0.6 is 0 Å². The van der Waals surface area contributed by atoms with Gasteiger partial charge in [0.15, 0.2) is 0 Å². The lowest BCUT2D eigenvalue weighted by atomic mass is 10.1. The van der Waals surface area contributed by atoms with Gasteiger partial charge in [-0.2, -0.15) is 0 Å². The first-order chi connectivity index (χ1) is 10.5. The van der Waals surface area contributed by atoms with E-state index in [0.717, 1.165) is 5.56 Å². The predicted octanol–water partition coefficient (Wildman–Crippen LogP) is 1.47. The molecule has 0 saturated heterocycles. The van der Waals surface area contributed by atoms with Crippen LogP contribution in [0.5, 0.6) is 0 Å². The van der Waals surface area contributed by atoms with Crippen molar-refractivity contribution in [2.75, 3.05) is 11.1 Å². The molecule has 112 valence electrons. The molecule has 0 spiro atoms. The Morgan fingerprint density at radius 3 is 2.36 bits per heavy atom. The van der Waals surface area contributed by atoms with Gasteiger partial charge in [0.2, 0.25) is 0 Å². The normalized spacial score (nSPS) is 9.86. The fourth-order valence-corrected chi connectivity index (χ4v) is 1.84. The van der Waals surface area contributed by atoms with Crippen LogP contribution < -0.4 is 16.4 Å². The van der Waals surface area contributed by atoms with Crippen LogP contribution in [-0.4, -0.2) is 17.7 Å². The minimum absolute atomic E-state index is 0.138. The lowest BCUT2D eigenvalue weighted by Gasteiger charge is -2.07. The van der Waals surface area contributed by atoms with Crippen molar-refractivity contribution in [2.45, 2.75) is 6.92 Å². The van der Waals surface area contributed by atoms with E-state index in [9.17, 15) is 14.4 Å². The Bertz CT molecular complexity index is 741. The summed E-state index contributed by atoms with van der Waals surface area (Å²) in [5.74, 6) is -2.69. The molecule has 3 amide bonds. The Morgan fingerprint density at radius 1 is 0.955 bits per heavy atom. The largest absolute Gasteiger partial charge is 0.398 e. The summed E-state index contributed by atoms with van der Waals surface area (Å²) in [6.07, 6.45) is 0. The molecule has 2 aromatic rings. The third-order valence-electron chi connectivity index (χ3n) is 2.91. The Morgan fingerprint density at radius 2 is 1.68 bits per heavy atom. The molecule has 0 fully saturated rings. The molecule has 0 saturated carbocycles. The van der Waals surface area contributed by atoms with Crippen LogP contribution in [0.25, 0.3) is 0 Å². The van der Waals surface area contributed by atoms with Gasteiger partial charge in [-0.1, -0.05) is 24.3 Å². The third kappa shape index (κ3) is 3.69. The van der Waals surface area contributed by atoms with Gasteiger partial charge in [0.25, 0.3) is 5.91 Å². The van der Waals surface area contributed by atoms with Crippen molar-refractivity contribution in [1.29, 1.82) is 0 Å². The first kappa shape index (κ1) is 15.2. The predicted molar refractivity (Wildman–Crippen MR) is 83.1 cm³/mol. The Kier molecular flexibility index (Phi) is 4.53. The van der Waals surface area contributed by atoms with Gasteiger partial charge in [0, 0.05) is 11.4 Å². The van der Waals surface area contributed by atoms with E-state index in [1.807, 2.05) is 18.3 Å². The SMILES string of the molecule is Cc1cccc(NC(=O)C(=O)NC(=O)c2ccccc2N)c1. The highest BCUT2D eigenvalue weighted by atomic mass is 16.2. The summed E-state index contributed by atoms with van der Waals surface area (Å²) in [4.78, 5) is 35.4. The van der Waals surface area contributed by atoms with Crippen molar-refractivity contribution in [3.05, 3.63) is 59.7 Å². The highest BCUT2D eigenvalue weighted by molar-refractivity contribution is 6.42. The van der Waals surface area contributed by atoms with Gasteiger partial charge in [-0.15, -0.1) is 0 Å². The quantitative estimate of drug-likeness (QED) is 0.577. The van der Waals surface area contributed by atoms with Crippen molar-refractivity contribution >= 4 is 29.1 Å². The molecule has 2 aromatic carbocycles. The summed E-state index contributed by atoms with van der Waals surface area (Å²) in [7, 11) is 0. The fourth-order valence-electron chi connectivity index (χ4n) is 1.84. The lowest BCUT2D eigenvalue weighted by molar-refractivity contribution is -0.135. The topological polar surface area (TPSA) is 101 Å². The van der Waals surface area contributed by atoms with Crippen LogP contribution in [0.3, 0.4) is 0 Å². The minimum atomic E-state index is -1.05. The number of aryl methyl sites for hydroxylation is 1. The maximum absolute atomic E-state index is 11.9. The first-order valence-corrected chi connectivity index (χ1v) is 6.55. The molecule has 0 bridgehead atoms. The zero-order chi connectivity index (χ0) is 16.1. The third-order valence-corrected chi connectivity index (χ3v) is 2.91. The number of nitrogens with one attached hydrogen (secondary N) is 2. The fraction of sp³-hybridized carbons (Fsp3) is 0.0625. The van der Waals surface area contributed by atoms with E-state index in [0.29, 0.717) is 5.69 Å². The molecule has 0 aromatic heterocycles. The summed E-state index contributed by atoms with van der Waals surface area (Å²) < 4.78 is 0. The number of hydrogen-bond acceptors (Lipinski definition) is 4. The van der Waals surface area contributed by atoms with Crippen LogP contribution in [0.4, 0.5) is 11.4 Å². The number of imide groups is 1. The number of hydrogen-bond donors (Lipinski definition) is 3. The second-order valence-corrected chi connectivity index (χ2v) is 4.69. The van der Waals surface area contributed by atoms with Crippen LogP contribution in [0.2, 0.25) is 0 Å². The number of carbonyl (C=O) groups excluding carboxylic acids is 3. The molecule has 22 heavy (non-hydrogen) atoms. The number of rotatable bonds is 2. The number of amides is 3. The molecule has 4 N–H and O–H groups in total. The molecule has 6 nitrogen and oxygen atoms in total. The molecule has 0 aliphatic carbocycles. The lowest BCUT2D eigenvalue weighted by Crippen LogP contribution is -2.39. The van der Waals surface area contributed by atoms with Gasteiger partial charge >= 0.3 is 11.8 Å². The van der Waals surface area contributed by atoms with Crippen LogP contribution in [0, 0.1) is 6.92 Å². The van der Waals surface area contributed by atoms with Crippen molar-refractivity contribution in [2.24, 2.45) is 0 Å². The maximum atomic E-state index is 11.9. The standard InChI is InChI=1S/C16H15N3O3/c1-10-5-4-6-11(9-10)18-15(21)16(22)19-14(20)12-7-2-3-8-13(12)17/h2-9H,17H2,1H3,(H,18,21)(H,19,20,22). The van der Waals surface area contributed by atoms with Crippen molar-refractivity contribution in [3.8, 4) is 0 Å². The molecule has 0 heterocycles. The number of carbonyl (C=O) groups is 3. The smallest absolute Gasteiger partial charge is 0.316 e. The zero-order valence-corrected chi connectivity index (χ0v) is 11.9. The molecule has 6 heteroatoms. The summed E-state index contributed by atoms with van der Waals surface area (Å²) in [5.41, 5.74) is 7.42. The van der Waals surface area contributed by atoms with E-state index >= 15 is 0 Å². The van der Waals surface area contributed by atoms with Crippen LogP contribution in [-0.2, 0) is 9.59 Å². The molecule has 0 unspecified atom stereocenters. The van der Waals surface area contributed by atoms with E-state index in [1.165, 1.54) is 12.1 Å². The van der Waals surface area contributed by atoms with Crippen molar-refractivity contribution < 1.29 is 14.4 Å². The maximum Gasteiger partial charge on any atom is 0.316 e. The second kappa shape index (κ2) is 6.53. The summed E-state index contributed by atoms with van der Waals surface area (Å²) in [6, 6.07) is 13.2. The first-order valence-electron chi connectivity index (χ1n) is 6.55. The molecular formula is C16H15N3O3. The molecule has 0 aliphatic heterocycles. The van der Waals surface area contributed by atoms with E-state index in [2.05, 4.69) is 5.32 Å². The Hall–Kier alpha value is -3.15. The number of para-hydroxylation sites is 1. The number of anilines is 2. The molecule has 2 rings (SSSR count). The van der Waals surface area contributed by atoms with E-state index in [-0.39, 0.29) is 11.3 Å². The number of nitrogens with two attached hydrogens (primary N) is 1. The Labute approximate surface area is 127 Å². The van der Waals surface area contributed by atoms with Gasteiger partial charge in [0.05, 0.1) is 5.56 Å². The number of nitrogen functional groups attached to an aromatic ring is 1. The molecule has 0 atom stereocenters. The van der Waals surface area contributed by atoms with Crippen LogP contribution in [0.1, 0.15) is 15.9 Å². The van der Waals surface area contributed by atoms with Gasteiger partial charge < -0.3 is 11.1 Å². The molecule has 0 radical (unpaired) electrons. The summed E-state index contributed by atoms with van der Waals surface area (Å²) in [6.45, 7) is 1.86. The molecular weight excluding hydrogens is 282 g/mol. The van der Waals surface area contributed by atoms with Gasteiger partial charge in [-0.25, -0.2) is 0 Å². The van der Waals surface area contributed by atoms with Gasteiger partial charge in [-0.3, -0.25) is 19.7 Å². The van der Waals surface area contributed by atoms with Crippen LogP contribution in [0.15, 0.2) is 48.5 Å². The van der Waals surface area contributed by atoms with E-state index in [1.54, 1.807) is 30.3 Å². The zero-order valence-electron chi connectivity index (χ0n) is 11.9. The monoisotopic (exact) mass is 297 g/mol. The number of benzene rings is 2. The average molecular weight is 297 g/mol. The van der Waals surface area contributed by atoms with E-state index in [4.69, 9.17) is 5.73 Å². The highest BCUT2D eigenvalue weighted by Crippen LogP contribution is 2.11. The van der Waals surface area contributed by atoms with Gasteiger partial charge in [-0.05, 0) is 36.8 Å². The second-order valence-electron chi connectivity index (χ2n) is 4.69.